The van der Waals surface area contributed by atoms with E-state index in [2.05, 4.69) is 10.6 Å². The van der Waals surface area contributed by atoms with Crippen molar-refractivity contribution in [1.29, 1.82) is 0 Å². The van der Waals surface area contributed by atoms with Crippen molar-refractivity contribution in [3.8, 4) is 5.75 Å². The summed E-state index contributed by atoms with van der Waals surface area (Å²) < 4.78 is 19.3. The van der Waals surface area contributed by atoms with Crippen molar-refractivity contribution in [2.45, 2.75) is 25.7 Å². The maximum Gasteiger partial charge on any atom is 0.258 e. The van der Waals surface area contributed by atoms with Crippen LogP contribution in [0, 0.1) is 23.6 Å². The Hall–Kier alpha value is -2.60. The van der Waals surface area contributed by atoms with Gasteiger partial charge in [-0.05, 0) is 67.5 Å². The number of ether oxygens (including phenoxy) is 1. The molecule has 7 heteroatoms. The molecular weight excluding hydrogens is 395 g/mol. The molecule has 0 radical (unpaired) electrons. The van der Waals surface area contributed by atoms with Gasteiger partial charge in [0.05, 0.1) is 18.4 Å². The maximum atomic E-state index is 14.1. The largest absolute Gasteiger partial charge is 0.495 e. The highest BCUT2D eigenvalue weighted by atomic mass is 35.5. The summed E-state index contributed by atoms with van der Waals surface area (Å²) in [6.07, 6.45) is 4.45. The first-order chi connectivity index (χ1) is 13.9. The minimum atomic E-state index is -0.713. The standard InChI is InChI=1S/C22H22ClFN2O3/c1-29-20-7-5-15(25-22(28)17-9-12-2-3-13(17)8-12)11-19(20)26-21(27)16-6-4-14(23)10-18(16)24/h4-7,10-13,17H,2-3,8-9H2,1H3,(H,25,28)(H,26,27). The molecule has 2 aromatic carbocycles. The Morgan fingerprint density at radius 3 is 2.59 bits per heavy atom. The van der Waals surface area contributed by atoms with Crippen LogP contribution in [-0.4, -0.2) is 18.9 Å². The number of carbonyl (C=O) groups excluding carboxylic acids is 2. The fraction of sp³-hybridized carbons (Fsp3) is 0.364. The molecule has 2 bridgehead atoms. The van der Waals surface area contributed by atoms with Gasteiger partial charge in [0, 0.05) is 16.6 Å². The predicted octanol–water partition coefficient (Wildman–Crippen LogP) is 5.11. The second-order valence-electron chi connectivity index (χ2n) is 7.76. The van der Waals surface area contributed by atoms with Crippen molar-refractivity contribution in [3.05, 3.63) is 52.8 Å². The summed E-state index contributed by atoms with van der Waals surface area (Å²) in [5, 5.41) is 5.82. The summed E-state index contributed by atoms with van der Waals surface area (Å²) in [7, 11) is 1.47. The van der Waals surface area contributed by atoms with Gasteiger partial charge in [0.1, 0.15) is 11.6 Å². The van der Waals surface area contributed by atoms with Gasteiger partial charge in [-0.3, -0.25) is 9.59 Å². The molecule has 2 aliphatic rings. The lowest BCUT2D eigenvalue weighted by atomic mass is 9.88. The zero-order valence-corrected chi connectivity index (χ0v) is 16.8. The Morgan fingerprint density at radius 2 is 1.93 bits per heavy atom. The number of fused-ring (bicyclic) bond motifs is 2. The first-order valence-electron chi connectivity index (χ1n) is 9.70. The van der Waals surface area contributed by atoms with Crippen LogP contribution in [0.15, 0.2) is 36.4 Å². The minimum absolute atomic E-state index is 0.0170. The number of rotatable bonds is 5. The lowest BCUT2D eigenvalue weighted by Gasteiger charge is -2.21. The molecule has 4 rings (SSSR count). The first kappa shape index (κ1) is 19.7. The SMILES string of the molecule is COc1ccc(NC(=O)C2CC3CCC2C3)cc1NC(=O)c1ccc(Cl)cc1F. The zero-order valence-electron chi connectivity index (χ0n) is 16.0. The number of benzene rings is 2. The average Bonchev–Trinajstić information content (AvgIpc) is 3.31. The van der Waals surface area contributed by atoms with Gasteiger partial charge in [-0.1, -0.05) is 18.0 Å². The first-order valence-corrected chi connectivity index (χ1v) is 10.1. The van der Waals surface area contributed by atoms with Crippen LogP contribution in [0.2, 0.25) is 5.02 Å². The molecule has 2 saturated carbocycles. The number of nitrogens with one attached hydrogen (secondary N) is 2. The summed E-state index contributed by atoms with van der Waals surface area (Å²) in [6.45, 7) is 0. The normalized spacial score (nSPS) is 22.4. The molecule has 3 atom stereocenters. The molecule has 2 fully saturated rings. The fourth-order valence-electron chi connectivity index (χ4n) is 4.55. The Balaban J connectivity index is 1.50. The van der Waals surface area contributed by atoms with E-state index in [0.29, 0.717) is 29.0 Å². The lowest BCUT2D eigenvalue weighted by molar-refractivity contribution is -0.121. The van der Waals surface area contributed by atoms with Crippen molar-refractivity contribution in [1.82, 2.24) is 0 Å². The van der Waals surface area contributed by atoms with Gasteiger partial charge >= 0.3 is 0 Å². The van der Waals surface area contributed by atoms with Gasteiger partial charge < -0.3 is 15.4 Å². The number of anilines is 2. The summed E-state index contributed by atoms with van der Waals surface area (Å²) in [5.74, 6) is 0.288. The third-order valence-electron chi connectivity index (χ3n) is 5.97. The van der Waals surface area contributed by atoms with Crippen molar-refractivity contribution in [3.63, 3.8) is 0 Å². The van der Waals surface area contributed by atoms with E-state index in [1.54, 1.807) is 18.2 Å². The van der Waals surface area contributed by atoms with Gasteiger partial charge in [-0.15, -0.1) is 0 Å². The molecule has 0 saturated heterocycles. The highest BCUT2D eigenvalue weighted by Crippen LogP contribution is 2.48. The molecule has 0 heterocycles. The number of amides is 2. The van der Waals surface area contributed by atoms with Gasteiger partial charge in [0.15, 0.2) is 0 Å². The summed E-state index contributed by atoms with van der Waals surface area (Å²) in [5.41, 5.74) is 0.774. The number of hydrogen-bond donors (Lipinski definition) is 2. The molecule has 2 amide bonds. The van der Waals surface area contributed by atoms with Crippen LogP contribution in [-0.2, 0) is 4.79 Å². The molecule has 152 valence electrons. The highest BCUT2D eigenvalue weighted by Gasteiger charge is 2.43. The van der Waals surface area contributed by atoms with E-state index in [4.69, 9.17) is 16.3 Å². The van der Waals surface area contributed by atoms with Crippen LogP contribution >= 0.6 is 11.6 Å². The fourth-order valence-corrected chi connectivity index (χ4v) is 4.71. The van der Waals surface area contributed by atoms with Crippen LogP contribution < -0.4 is 15.4 Å². The summed E-state index contributed by atoms with van der Waals surface area (Å²) in [6, 6.07) is 8.85. The van der Waals surface area contributed by atoms with Gasteiger partial charge in [0.25, 0.3) is 5.91 Å². The van der Waals surface area contributed by atoms with Crippen LogP contribution in [0.1, 0.15) is 36.0 Å². The van der Waals surface area contributed by atoms with E-state index < -0.39 is 11.7 Å². The van der Waals surface area contributed by atoms with Crippen molar-refractivity contribution < 1.29 is 18.7 Å². The molecule has 0 aliphatic heterocycles. The van der Waals surface area contributed by atoms with Crippen LogP contribution in [0.25, 0.3) is 0 Å². The number of methoxy groups -OCH3 is 1. The zero-order chi connectivity index (χ0) is 20.5. The van der Waals surface area contributed by atoms with Crippen LogP contribution in [0.5, 0.6) is 5.75 Å². The third kappa shape index (κ3) is 4.08. The molecule has 5 nitrogen and oxygen atoms in total. The molecule has 0 aromatic heterocycles. The average molecular weight is 417 g/mol. The summed E-state index contributed by atoms with van der Waals surface area (Å²) >= 11 is 5.74. The van der Waals surface area contributed by atoms with Gasteiger partial charge in [-0.25, -0.2) is 4.39 Å². The van der Waals surface area contributed by atoms with E-state index in [9.17, 15) is 14.0 Å². The molecule has 3 unspecified atom stereocenters. The Labute approximate surface area is 173 Å². The number of hydrogen-bond acceptors (Lipinski definition) is 3. The molecule has 2 aliphatic carbocycles. The van der Waals surface area contributed by atoms with Crippen molar-refractivity contribution in [2.24, 2.45) is 17.8 Å². The number of carbonyl (C=O) groups is 2. The third-order valence-corrected chi connectivity index (χ3v) is 6.20. The van der Waals surface area contributed by atoms with E-state index in [-0.39, 0.29) is 22.4 Å². The van der Waals surface area contributed by atoms with Crippen molar-refractivity contribution >= 4 is 34.8 Å². The second kappa shape index (κ2) is 8.03. The Bertz CT molecular complexity index is 965. The second-order valence-corrected chi connectivity index (χ2v) is 8.20. The molecule has 2 aromatic rings. The number of halogens is 2. The lowest BCUT2D eigenvalue weighted by Crippen LogP contribution is -2.27. The molecule has 29 heavy (non-hydrogen) atoms. The quantitative estimate of drug-likeness (QED) is 0.711. The van der Waals surface area contributed by atoms with Gasteiger partial charge in [0.2, 0.25) is 5.91 Å². The van der Waals surface area contributed by atoms with Gasteiger partial charge in [-0.2, -0.15) is 0 Å². The van der Waals surface area contributed by atoms with Crippen molar-refractivity contribution in [2.75, 3.05) is 17.7 Å². The molecular formula is C22H22ClFN2O3. The Kier molecular flexibility index (Phi) is 5.46. The molecule has 0 spiro atoms. The summed E-state index contributed by atoms with van der Waals surface area (Å²) in [4.78, 5) is 25.2. The topological polar surface area (TPSA) is 67.4 Å². The monoisotopic (exact) mass is 416 g/mol. The van der Waals surface area contributed by atoms with E-state index in [0.717, 1.165) is 25.3 Å². The van der Waals surface area contributed by atoms with Crippen LogP contribution in [0.3, 0.4) is 0 Å². The molecule has 2 N–H and O–H groups in total. The highest BCUT2D eigenvalue weighted by molar-refractivity contribution is 6.30. The van der Waals surface area contributed by atoms with E-state index in [1.807, 2.05) is 0 Å². The predicted molar refractivity (Wildman–Crippen MR) is 110 cm³/mol. The van der Waals surface area contributed by atoms with Crippen LogP contribution in [0.4, 0.5) is 15.8 Å². The van der Waals surface area contributed by atoms with E-state index >= 15 is 0 Å². The maximum absolute atomic E-state index is 14.1. The smallest absolute Gasteiger partial charge is 0.258 e. The van der Waals surface area contributed by atoms with E-state index in [1.165, 1.54) is 25.7 Å². The minimum Gasteiger partial charge on any atom is -0.495 e. The Morgan fingerprint density at radius 1 is 1.10 bits per heavy atom.